The first kappa shape index (κ1) is 32.7. The third kappa shape index (κ3) is 4.95. The minimum atomic E-state index is -0.00299. The van der Waals surface area contributed by atoms with Crippen LogP contribution in [0.4, 0.5) is 34.1 Å². The van der Waals surface area contributed by atoms with Crippen molar-refractivity contribution in [3.63, 3.8) is 0 Å². The summed E-state index contributed by atoms with van der Waals surface area (Å²) in [5.74, 6) is 0. The Morgan fingerprint density at radius 1 is 0.293 bits per heavy atom. The molecule has 0 aliphatic carbocycles. The number of para-hydroxylation sites is 4. The van der Waals surface area contributed by atoms with Gasteiger partial charge in [0.15, 0.2) is 0 Å². The fourth-order valence-corrected chi connectivity index (χ4v) is 9.64. The molecular weight excluding hydrogens is 701 g/mol. The van der Waals surface area contributed by atoms with Gasteiger partial charge in [0.05, 0.1) is 16.7 Å². The van der Waals surface area contributed by atoms with Crippen molar-refractivity contribution in [3.8, 4) is 27.9 Å². The maximum atomic E-state index is 2.51. The van der Waals surface area contributed by atoms with Crippen LogP contribution in [0.1, 0.15) is 0 Å². The summed E-state index contributed by atoms with van der Waals surface area (Å²) < 4.78 is 2.47. The van der Waals surface area contributed by atoms with E-state index in [2.05, 4.69) is 233 Å². The Labute approximate surface area is 338 Å². The second-order valence-electron chi connectivity index (χ2n) is 15.3. The molecule has 0 saturated heterocycles. The Bertz CT molecular complexity index is 2970. The normalized spacial score (nSPS) is 12.7. The van der Waals surface area contributed by atoms with Gasteiger partial charge < -0.3 is 14.4 Å². The minimum absolute atomic E-state index is 0.00299. The first-order valence-electron chi connectivity index (χ1n) is 20.1. The predicted molar refractivity (Wildman–Crippen MR) is 246 cm³/mol. The van der Waals surface area contributed by atoms with Crippen LogP contribution in [0.3, 0.4) is 0 Å². The third-order valence-electron chi connectivity index (χ3n) is 12.1. The fraction of sp³-hybridized carbons (Fsp3) is 0. The first-order chi connectivity index (χ1) is 28.8. The second kappa shape index (κ2) is 13.0. The number of hydrogen-bond donors (Lipinski definition) is 0. The lowest BCUT2D eigenvalue weighted by Crippen LogP contribution is -2.61. The Morgan fingerprint density at radius 3 is 1.14 bits per heavy atom. The van der Waals surface area contributed by atoms with Gasteiger partial charge in [0.1, 0.15) is 0 Å². The number of benzene rings is 9. The van der Waals surface area contributed by atoms with Crippen molar-refractivity contribution in [2.45, 2.75) is 0 Å². The van der Waals surface area contributed by atoms with Crippen molar-refractivity contribution in [2.75, 3.05) is 9.80 Å². The van der Waals surface area contributed by atoms with Gasteiger partial charge in [-0.1, -0.05) is 158 Å². The number of rotatable bonds is 5. The Hall–Kier alpha value is -7.56. The molecule has 0 spiro atoms. The summed E-state index contributed by atoms with van der Waals surface area (Å²) in [7, 11) is 0. The second-order valence-corrected chi connectivity index (χ2v) is 15.3. The van der Waals surface area contributed by atoms with Gasteiger partial charge in [0.2, 0.25) is 0 Å². The van der Waals surface area contributed by atoms with E-state index in [-0.39, 0.29) is 6.71 Å². The average molecular weight is 738 g/mol. The molecule has 0 N–H and O–H groups in total. The zero-order valence-corrected chi connectivity index (χ0v) is 31.7. The highest BCUT2D eigenvalue weighted by Crippen LogP contribution is 2.47. The van der Waals surface area contributed by atoms with Gasteiger partial charge in [-0.25, -0.2) is 0 Å². The lowest BCUT2D eigenvalue weighted by atomic mass is 9.33. The Morgan fingerprint density at radius 2 is 0.690 bits per heavy atom. The third-order valence-corrected chi connectivity index (χ3v) is 12.1. The fourth-order valence-electron chi connectivity index (χ4n) is 9.64. The van der Waals surface area contributed by atoms with Crippen molar-refractivity contribution in [2.24, 2.45) is 0 Å². The SMILES string of the molecule is c1ccc(-c2ccc3c(c2)N(c2ccccc2)c2cc(-n4c5ccccc5c5ccccc54)cc4c2B3c2ccc(-c3ccccc3)cc2N4c2ccccc2)cc1. The van der Waals surface area contributed by atoms with Crippen molar-refractivity contribution in [1.82, 2.24) is 4.57 Å². The van der Waals surface area contributed by atoms with Crippen LogP contribution >= 0.6 is 0 Å². The van der Waals surface area contributed by atoms with E-state index in [0.717, 1.165) is 17.1 Å². The topological polar surface area (TPSA) is 11.4 Å². The summed E-state index contributed by atoms with van der Waals surface area (Å²) >= 11 is 0. The molecule has 0 saturated carbocycles. The van der Waals surface area contributed by atoms with Crippen molar-refractivity contribution < 1.29 is 0 Å². The largest absolute Gasteiger partial charge is 0.311 e. The molecule has 1 aromatic heterocycles. The number of anilines is 6. The average Bonchev–Trinajstić information content (AvgIpc) is 3.64. The smallest absolute Gasteiger partial charge is 0.252 e. The van der Waals surface area contributed by atoms with Gasteiger partial charge in [-0.05, 0) is 99.3 Å². The number of fused-ring (bicyclic) bond motifs is 7. The van der Waals surface area contributed by atoms with Crippen LogP contribution in [0.15, 0.2) is 218 Å². The molecule has 10 aromatic rings. The van der Waals surface area contributed by atoms with Crippen LogP contribution in [0.5, 0.6) is 0 Å². The van der Waals surface area contributed by atoms with Gasteiger partial charge >= 0.3 is 0 Å². The standard InChI is InChI=1S/C54H36BN3/c1-5-17-37(18-6-1)39-29-31-46-50(33-39)56(41-21-9-3-10-22-41)52-35-43(58-48-27-15-13-25-44(48)45-26-14-16-28-49(45)58)36-53-54(52)55(46)47-32-30-40(38-19-7-2-8-20-38)34-51(47)57(53)42-23-11-4-12-24-42/h1-36H. The van der Waals surface area contributed by atoms with E-state index in [4.69, 9.17) is 0 Å². The molecule has 9 aromatic carbocycles. The highest BCUT2D eigenvalue weighted by atomic mass is 15.2. The number of nitrogens with zero attached hydrogens (tertiary/aromatic N) is 3. The number of hydrogen-bond acceptors (Lipinski definition) is 2. The summed E-state index contributed by atoms with van der Waals surface area (Å²) in [5, 5.41) is 2.50. The van der Waals surface area contributed by atoms with Crippen molar-refractivity contribution in [1.29, 1.82) is 0 Å². The van der Waals surface area contributed by atoms with Crippen molar-refractivity contribution in [3.05, 3.63) is 218 Å². The van der Waals surface area contributed by atoms with Crippen LogP contribution in [0, 0.1) is 0 Å². The summed E-state index contributed by atoms with van der Waals surface area (Å²) in [6.45, 7) is -0.00299. The van der Waals surface area contributed by atoms with Crippen molar-refractivity contribution >= 4 is 79.0 Å². The molecule has 3 heterocycles. The van der Waals surface area contributed by atoms with E-state index < -0.39 is 0 Å². The quantitative estimate of drug-likeness (QED) is 0.163. The van der Waals surface area contributed by atoms with Crippen LogP contribution < -0.4 is 26.2 Å². The molecule has 0 fully saturated rings. The van der Waals surface area contributed by atoms with Gasteiger partial charge in [-0.15, -0.1) is 0 Å². The lowest BCUT2D eigenvalue weighted by Gasteiger charge is -2.44. The van der Waals surface area contributed by atoms with Crippen LogP contribution in [-0.2, 0) is 0 Å². The summed E-state index contributed by atoms with van der Waals surface area (Å²) in [4.78, 5) is 5.03. The molecule has 0 amide bonds. The van der Waals surface area contributed by atoms with Gasteiger partial charge in [-0.2, -0.15) is 0 Å². The Kier molecular flexibility index (Phi) is 7.33. The highest BCUT2D eigenvalue weighted by molar-refractivity contribution is 7.00. The molecule has 12 rings (SSSR count). The maximum Gasteiger partial charge on any atom is 0.252 e. The zero-order valence-electron chi connectivity index (χ0n) is 31.7. The molecular formula is C54H36BN3. The van der Waals surface area contributed by atoms with Crippen LogP contribution in [0.25, 0.3) is 49.7 Å². The highest BCUT2D eigenvalue weighted by Gasteiger charge is 2.44. The van der Waals surface area contributed by atoms with Gasteiger partial charge in [0.25, 0.3) is 6.71 Å². The maximum absolute atomic E-state index is 2.51. The molecule has 2 aliphatic heterocycles. The van der Waals surface area contributed by atoms with E-state index in [1.807, 2.05) is 0 Å². The summed E-state index contributed by atoms with van der Waals surface area (Å²) in [5.41, 5.74) is 19.2. The van der Waals surface area contributed by atoms with E-state index in [9.17, 15) is 0 Å². The van der Waals surface area contributed by atoms with Gasteiger partial charge in [0, 0.05) is 44.9 Å². The summed E-state index contributed by atoms with van der Waals surface area (Å²) in [6.07, 6.45) is 0. The predicted octanol–water partition coefficient (Wildman–Crippen LogP) is 12.2. The monoisotopic (exact) mass is 737 g/mol. The molecule has 3 nitrogen and oxygen atoms in total. The van der Waals surface area contributed by atoms with Crippen LogP contribution in [0.2, 0.25) is 0 Å². The Balaban J connectivity index is 1.23. The van der Waals surface area contributed by atoms with E-state index in [1.54, 1.807) is 0 Å². The number of aromatic nitrogens is 1. The summed E-state index contributed by atoms with van der Waals surface area (Å²) in [6, 6.07) is 80.1. The molecule has 270 valence electrons. The molecule has 58 heavy (non-hydrogen) atoms. The zero-order chi connectivity index (χ0) is 38.2. The molecule has 4 heteroatoms. The van der Waals surface area contributed by atoms with E-state index in [0.29, 0.717) is 0 Å². The molecule has 0 radical (unpaired) electrons. The lowest BCUT2D eigenvalue weighted by molar-refractivity contribution is 1.16. The van der Waals surface area contributed by atoms with E-state index >= 15 is 0 Å². The van der Waals surface area contributed by atoms with Gasteiger partial charge in [-0.3, -0.25) is 0 Å². The molecule has 0 bridgehead atoms. The first-order valence-corrected chi connectivity index (χ1v) is 20.1. The molecule has 0 unspecified atom stereocenters. The minimum Gasteiger partial charge on any atom is -0.311 e. The van der Waals surface area contributed by atoms with E-state index in [1.165, 1.54) is 83.2 Å². The van der Waals surface area contributed by atoms with Crippen LogP contribution in [-0.4, -0.2) is 11.3 Å². The molecule has 0 atom stereocenters. The molecule has 2 aliphatic rings.